The van der Waals surface area contributed by atoms with Gasteiger partial charge in [0, 0.05) is 5.56 Å². The van der Waals surface area contributed by atoms with E-state index in [0.717, 1.165) is 0 Å². The molecule has 1 heterocycles. The highest BCUT2D eigenvalue weighted by atomic mass is 79.9. The third-order valence-electron chi connectivity index (χ3n) is 2.46. The Morgan fingerprint density at radius 1 is 1.39 bits per heavy atom. The van der Waals surface area contributed by atoms with Crippen molar-refractivity contribution in [3.8, 4) is 11.4 Å². The Labute approximate surface area is 120 Å². The molecule has 2 rings (SSSR count). The molecule has 1 N–H and O–H groups in total. The van der Waals surface area contributed by atoms with Gasteiger partial charge in [-0.1, -0.05) is 6.92 Å². The van der Waals surface area contributed by atoms with Gasteiger partial charge in [0.15, 0.2) is 0 Å². The maximum atomic E-state index is 13.5. The third kappa shape index (κ3) is 2.54. The van der Waals surface area contributed by atoms with Crippen molar-refractivity contribution in [3.63, 3.8) is 0 Å². The first-order valence-corrected chi connectivity index (χ1v) is 6.85. The van der Waals surface area contributed by atoms with Crippen molar-refractivity contribution in [3.05, 3.63) is 49.0 Å². The summed E-state index contributed by atoms with van der Waals surface area (Å²) in [5.41, 5.74) is 0.923. The van der Waals surface area contributed by atoms with Crippen LogP contribution in [0.3, 0.4) is 0 Å². The van der Waals surface area contributed by atoms with Crippen LogP contribution in [0.4, 0.5) is 4.39 Å². The predicted octanol–water partition coefficient (Wildman–Crippen LogP) is 3.66. The van der Waals surface area contributed by atoms with Gasteiger partial charge in [-0.3, -0.25) is 4.79 Å². The topological polar surface area (TPSA) is 45.8 Å². The average molecular weight is 376 g/mol. The smallest absolute Gasteiger partial charge is 0.265 e. The maximum absolute atomic E-state index is 13.5. The number of aromatic amines is 1. The van der Waals surface area contributed by atoms with Crippen LogP contribution in [0.2, 0.25) is 0 Å². The highest BCUT2D eigenvalue weighted by Gasteiger charge is 2.10. The van der Waals surface area contributed by atoms with Gasteiger partial charge in [-0.15, -0.1) is 0 Å². The van der Waals surface area contributed by atoms with Gasteiger partial charge >= 0.3 is 0 Å². The van der Waals surface area contributed by atoms with Crippen molar-refractivity contribution in [2.24, 2.45) is 0 Å². The van der Waals surface area contributed by atoms with Crippen molar-refractivity contribution in [1.82, 2.24) is 9.97 Å². The second kappa shape index (κ2) is 5.32. The molecule has 1 aromatic heterocycles. The summed E-state index contributed by atoms with van der Waals surface area (Å²) in [7, 11) is 0. The first kappa shape index (κ1) is 13.4. The lowest BCUT2D eigenvalue weighted by Crippen LogP contribution is -2.13. The van der Waals surface area contributed by atoms with Crippen LogP contribution in [-0.2, 0) is 6.42 Å². The minimum atomic E-state index is -0.392. The Bertz CT molecular complexity index is 655. The van der Waals surface area contributed by atoms with E-state index in [1.54, 1.807) is 12.1 Å². The maximum Gasteiger partial charge on any atom is 0.265 e. The van der Waals surface area contributed by atoms with Gasteiger partial charge in [0.25, 0.3) is 5.56 Å². The quantitative estimate of drug-likeness (QED) is 0.870. The van der Waals surface area contributed by atoms with Crippen molar-refractivity contribution >= 4 is 31.9 Å². The fourth-order valence-corrected chi connectivity index (χ4v) is 2.23. The van der Waals surface area contributed by atoms with Crippen LogP contribution < -0.4 is 5.56 Å². The molecule has 2 aromatic rings. The molecule has 0 atom stereocenters. The molecule has 1 aromatic carbocycles. The van der Waals surface area contributed by atoms with E-state index in [1.165, 1.54) is 6.07 Å². The normalized spacial score (nSPS) is 10.7. The van der Waals surface area contributed by atoms with E-state index in [2.05, 4.69) is 41.8 Å². The standard InChI is InChI=1S/C12H9Br2FN2O/c1-2-9-10(14)12(18)17-11(16-9)6-3-4-7(13)8(15)5-6/h3-5H,2H2,1H3,(H,16,17,18). The molecule has 0 fully saturated rings. The lowest BCUT2D eigenvalue weighted by atomic mass is 10.2. The number of aromatic nitrogens is 2. The molecule has 3 nitrogen and oxygen atoms in total. The third-order valence-corrected chi connectivity index (χ3v) is 3.92. The molecule has 0 aliphatic rings. The van der Waals surface area contributed by atoms with Gasteiger partial charge in [0.2, 0.25) is 0 Å². The number of nitrogens with zero attached hydrogens (tertiary/aromatic N) is 1. The summed E-state index contributed by atoms with van der Waals surface area (Å²) < 4.78 is 14.3. The summed E-state index contributed by atoms with van der Waals surface area (Å²) in [5, 5.41) is 0. The lowest BCUT2D eigenvalue weighted by molar-refractivity contribution is 0.621. The molecule has 0 spiro atoms. The Hall–Kier alpha value is -1.01. The Morgan fingerprint density at radius 2 is 2.11 bits per heavy atom. The van der Waals surface area contributed by atoms with E-state index in [-0.39, 0.29) is 5.56 Å². The zero-order valence-corrected chi connectivity index (χ0v) is 12.6. The first-order valence-electron chi connectivity index (χ1n) is 5.27. The zero-order valence-electron chi connectivity index (χ0n) is 9.43. The zero-order chi connectivity index (χ0) is 13.3. The second-order valence-electron chi connectivity index (χ2n) is 3.66. The molecule has 0 radical (unpaired) electrons. The molecule has 0 unspecified atom stereocenters. The molecular weight excluding hydrogens is 367 g/mol. The molecule has 0 saturated carbocycles. The first-order chi connectivity index (χ1) is 8.52. The van der Waals surface area contributed by atoms with Gasteiger partial charge < -0.3 is 4.98 Å². The molecule has 0 aliphatic carbocycles. The molecule has 0 bridgehead atoms. The molecule has 18 heavy (non-hydrogen) atoms. The number of rotatable bonds is 2. The van der Waals surface area contributed by atoms with Crippen LogP contribution in [0.5, 0.6) is 0 Å². The summed E-state index contributed by atoms with van der Waals surface area (Å²) in [6.45, 7) is 1.90. The number of hydrogen-bond donors (Lipinski definition) is 1. The summed E-state index contributed by atoms with van der Waals surface area (Å²) in [6, 6.07) is 4.60. The number of aryl methyl sites for hydroxylation is 1. The van der Waals surface area contributed by atoms with Crippen molar-refractivity contribution < 1.29 is 4.39 Å². The Morgan fingerprint density at radius 3 is 2.72 bits per heavy atom. The second-order valence-corrected chi connectivity index (χ2v) is 5.30. The van der Waals surface area contributed by atoms with Crippen molar-refractivity contribution in [1.29, 1.82) is 0 Å². The van der Waals surface area contributed by atoms with Gasteiger partial charge in [-0.25, -0.2) is 9.37 Å². The average Bonchev–Trinajstić information content (AvgIpc) is 2.36. The van der Waals surface area contributed by atoms with Gasteiger partial charge in [0.05, 0.1) is 10.2 Å². The van der Waals surface area contributed by atoms with Crippen molar-refractivity contribution in [2.45, 2.75) is 13.3 Å². The van der Waals surface area contributed by atoms with E-state index in [4.69, 9.17) is 0 Å². The van der Waals surface area contributed by atoms with Gasteiger partial charge in [0.1, 0.15) is 16.1 Å². The van der Waals surface area contributed by atoms with Crippen LogP contribution in [0, 0.1) is 5.82 Å². The van der Waals surface area contributed by atoms with Crippen LogP contribution >= 0.6 is 31.9 Å². The van der Waals surface area contributed by atoms with E-state index < -0.39 is 5.82 Å². The summed E-state index contributed by atoms with van der Waals surface area (Å²) in [5.74, 6) is -0.0254. The summed E-state index contributed by atoms with van der Waals surface area (Å²) in [4.78, 5) is 18.6. The lowest BCUT2D eigenvalue weighted by Gasteiger charge is -2.05. The van der Waals surface area contributed by atoms with E-state index >= 15 is 0 Å². The highest BCUT2D eigenvalue weighted by molar-refractivity contribution is 9.10. The monoisotopic (exact) mass is 374 g/mol. The summed E-state index contributed by atoms with van der Waals surface area (Å²) >= 11 is 6.27. The van der Waals surface area contributed by atoms with Gasteiger partial charge in [-0.2, -0.15) is 0 Å². The molecule has 0 amide bonds. The molecule has 94 valence electrons. The van der Waals surface area contributed by atoms with Crippen LogP contribution in [0.1, 0.15) is 12.6 Å². The van der Waals surface area contributed by atoms with E-state index in [1.807, 2.05) is 6.92 Å². The molecule has 0 aliphatic heterocycles. The largest absolute Gasteiger partial charge is 0.306 e. The SMILES string of the molecule is CCc1nc(-c2ccc(Br)c(F)c2)[nH]c(=O)c1Br. The van der Waals surface area contributed by atoms with Crippen molar-refractivity contribution in [2.75, 3.05) is 0 Å². The number of benzene rings is 1. The minimum absolute atomic E-state index is 0.264. The predicted molar refractivity (Wildman–Crippen MR) is 75.0 cm³/mol. The fraction of sp³-hybridized carbons (Fsp3) is 0.167. The number of hydrogen-bond acceptors (Lipinski definition) is 2. The van der Waals surface area contributed by atoms with Crippen LogP contribution in [0.15, 0.2) is 31.9 Å². The molecule has 6 heteroatoms. The van der Waals surface area contributed by atoms with Crippen LogP contribution in [-0.4, -0.2) is 9.97 Å². The van der Waals surface area contributed by atoms with Gasteiger partial charge in [-0.05, 0) is 56.5 Å². The van der Waals surface area contributed by atoms with E-state index in [9.17, 15) is 9.18 Å². The number of nitrogens with one attached hydrogen (secondary N) is 1. The Kier molecular flexibility index (Phi) is 3.97. The molecule has 0 saturated heterocycles. The molecular formula is C12H9Br2FN2O. The number of halogens is 3. The minimum Gasteiger partial charge on any atom is -0.306 e. The Balaban J connectivity index is 2.60. The highest BCUT2D eigenvalue weighted by Crippen LogP contribution is 2.22. The number of H-pyrrole nitrogens is 1. The fourth-order valence-electron chi connectivity index (χ4n) is 1.52. The summed E-state index contributed by atoms with van der Waals surface area (Å²) in [6.07, 6.45) is 0.622. The van der Waals surface area contributed by atoms with Crippen LogP contribution in [0.25, 0.3) is 11.4 Å². The van der Waals surface area contributed by atoms with E-state index in [0.29, 0.717) is 32.4 Å².